The maximum Gasteiger partial charge on any atom is 0.237 e. The molecule has 1 amide bonds. The van der Waals surface area contributed by atoms with Gasteiger partial charge in [-0.1, -0.05) is 0 Å². The summed E-state index contributed by atoms with van der Waals surface area (Å²) in [6.07, 6.45) is 2.16. The van der Waals surface area contributed by atoms with E-state index in [4.69, 9.17) is 10.5 Å². The topological polar surface area (TPSA) is 67.6 Å². The Bertz CT molecular complexity index is 248. The SMILES string of the molecule is CCNC(=O)C(C)N1CCC(OC)CC1CN. The first kappa shape index (κ1) is 14.4. The highest BCUT2D eigenvalue weighted by Crippen LogP contribution is 2.21. The Morgan fingerprint density at radius 1 is 1.65 bits per heavy atom. The molecule has 0 aromatic carbocycles. The quantitative estimate of drug-likeness (QED) is 0.710. The average Bonchev–Trinajstić information content (AvgIpc) is 2.37. The molecule has 1 saturated heterocycles. The summed E-state index contributed by atoms with van der Waals surface area (Å²) in [5.74, 6) is 0.0850. The highest BCUT2D eigenvalue weighted by molar-refractivity contribution is 5.81. The molecule has 5 nitrogen and oxygen atoms in total. The van der Waals surface area contributed by atoms with Crippen molar-refractivity contribution in [1.29, 1.82) is 0 Å². The van der Waals surface area contributed by atoms with Gasteiger partial charge < -0.3 is 15.8 Å². The number of likely N-dealkylation sites (tertiary alicyclic amines) is 1. The fourth-order valence-corrected chi connectivity index (χ4v) is 2.46. The number of rotatable bonds is 5. The van der Waals surface area contributed by atoms with Crippen LogP contribution in [-0.2, 0) is 9.53 Å². The second kappa shape index (κ2) is 6.93. The van der Waals surface area contributed by atoms with Crippen LogP contribution in [0.15, 0.2) is 0 Å². The van der Waals surface area contributed by atoms with E-state index in [-0.39, 0.29) is 24.1 Å². The Balaban J connectivity index is 2.59. The summed E-state index contributed by atoms with van der Waals surface area (Å²) in [7, 11) is 1.74. The number of ether oxygens (including phenoxy) is 1. The first-order chi connectivity index (χ1) is 8.13. The van der Waals surface area contributed by atoms with Crippen molar-refractivity contribution < 1.29 is 9.53 Å². The summed E-state index contributed by atoms with van der Waals surface area (Å²) in [5, 5.41) is 2.86. The fraction of sp³-hybridized carbons (Fsp3) is 0.917. The zero-order chi connectivity index (χ0) is 12.8. The van der Waals surface area contributed by atoms with Gasteiger partial charge in [-0.25, -0.2) is 0 Å². The maximum atomic E-state index is 11.8. The molecule has 0 spiro atoms. The Kier molecular flexibility index (Phi) is 5.88. The summed E-state index contributed by atoms with van der Waals surface area (Å²) in [5.41, 5.74) is 5.79. The number of hydrogen-bond donors (Lipinski definition) is 2. The van der Waals surface area contributed by atoms with Gasteiger partial charge in [-0.2, -0.15) is 0 Å². The number of carbonyl (C=O) groups is 1. The molecule has 3 N–H and O–H groups in total. The van der Waals surface area contributed by atoms with Gasteiger partial charge in [-0.3, -0.25) is 9.69 Å². The third-order valence-corrected chi connectivity index (χ3v) is 3.55. The van der Waals surface area contributed by atoms with E-state index in [1.807, 2.05) is 13.8 Å². The number of nitrogens with zero attached hydrogens (tertiary/aromatic N) is 1. The molecule has 5 heteroatoms. The maximum absolute atomic E-state index is 11.8. The molecule has 0 aliphatic carbocycles. The van der Waals surface area contributed by atoms with E-state index < -0.39 is 0 Å². The fourth-order valence-electron chi connectivity index (χ4n) is 2.46. The van der Waals surface area contributed by atoms with Crippen LogP contribution in [-0.4, -0.2) is 55.7 Å². The molecule has 3 unspecified atom stereocenters. The predicted molar refractivity (Wildman–Crippen MR) is 67.7 cm³/mol. The molecule has 1 aliphatic rings. The molecule has 17 heavy (non-hydrogen) atoms. The molecule has 3 atom stereocenters. The zero-order valence-corrected chi connectivity index (χ0v) is 11.1. The van der Waals surface area contributed by atoms with Crippen LogP contribution < -0.4 is 11.1 Å². The van der Waals surface area contributed by atoms with Crippen molar-refractivity contribution in [2.24, 2.45) is 5.73 Å². The van der Waals surface area contributed by atoms with Crippen LogP contribution in [0.3, 0.4) is 0 Å². The lowest BCUT2D eigenvalue weighted by molar-refractivity contribution is -0.128. The molecule has 0 saturated carbocycles. The highest BCUT2D eigenvalue weighted by Gasteiger charge is 2.32. The van der Waals surface area contributed by atoms with Gasteiger partial charge in [0.05, 0.1) is 12.1 Å². The Labute approximate surface area is 104 Å². The smallest absolute Gasteiger partial charge is 0.237 e. The second-order valence-corrected chi connectivity index (χ2v) is 4.58. The summed E-state index contributed by atoms with van der Waals surface area (Å²) < 4.78 is 5.38. The first-order valence-corrected chi connectivity index (χ1v) is 6.40. The van der Waals surface area contributed by atoms with E-state index in [0.717, 1.165) is 19.4 Å². The number of carbonyl (C=O) groups excluding carboxylic acids is 1. The summed E-state index contributed by atoms with van der Waals surface area (Å²) >= 11 is 0. The van der Waals surface area contributed by atoms with Gasteiger partial charge >= 0.3 is 0 Å². The van der Waals surface area contributed by atoms with Crippen molar-refractivity contribution in [3.8, 4) is 0 Å². The van der Waals surface area contributed by atoms with E-state index in [1.165, 1.54) is 0 Å². The molecule has 0 aromatic heterocycles. The van der Waals surface area contributed by atoms with Crippen LogP contribution >= 0.6 is 0 Å². The van der Waals surface area contributed by atoms with E-state index in [2.05, 4.69) is 10.2 Å². The number of nitrogens with two attached hydrogens (primary N) is 1. The van der Waals surface area contributed by atoms with Crippen LogP contribution in [0.1, 0.15) is 26.7 Å². The Morgan fingerprint density at radius 2 is 2.35 bits per heavy atom. The number of amides is 1. The number of hydrogen-bond acceptors (Lipinski definition) is 4. The molecule has 1 fully saturated rings. The van der Waals surface area contributed by atoms with Gasteiger partial charge in [-0.15, -0.1) is 0 Å². The van der Waals surface area contributed by atoms with Gasteiger partial charge in [0.1, 0.15) is 0 Å². The summed E-state index contributed by atoms with van der Waals surface area (Å²) in [6.45, 7) is 6.00. The minimum absolute atomic E-state index is 0.0850. The minimum Gasteiger partial charge on any atom is -0.381 e. The third-order valence-electron chi connectivity index (χ3n) is 3.55. The normalized spacial score (nSPS) is 27.8. The monoisotopic (exact) mass is 243 g/mol. The average molecular weight is 243 g/mol. The number of nitrogens with one attached hydrogen (secondary N) is 1. The van der Waals surface area contributed by atoms with Gasteiger partial charge in [0.15, 0.2) is 0 Å². The van der Waals surface area contributed by atoms with E-state index >= 15 is 0 Å². The number of methoxy groups -OCH3 is 1. The van der Waals surface area contributed by atoms with Crippen molar-refractivity contribution >= 4 is 5.91 Å². The van der Waals surface area contributed by atoms with Gasteiger partial charge in [0.25, 0.3) is 0 Å². The Morgan fingerprint density at radius 3 is 2.88 bits per heavy atom. The molecule has 0 radical (unpaired) electrons. The van der Waals surface area contributed by atoms with Crippen molar-refractivity contribution in [3.05, 3.63) is 0 Å². The Hall–Kier alpha value is -0.650. The standard InChI is InChI=1S/C12H25N3O2/c1-4-14-12(16)9(2)15-6-5-11(17-3)7-10(15)8-13/h9-11H,4-8,13H2,1-3H3,(H,14,16). The van der Waals surface area contributed by atoms with Gasteiger partial charge in [0.2, 0.25) is 5.91 Å². The molecule has 0 bridgehead atoms. The largest absolute Gasteiger partial charge is 0.381 e. The predicted octanol–water partition coefficient (Wildman–Crippen LogP) is -0.0509. The van der Waals surface area contributed by atoms with Crippen LogP contribution in [0, 0.1) is 0 Å². The van der Waals surface area contributed by atoms with Crippen LogP contribution in [0.5, 0.6) is 0 Å². The molecular weight excluding hydrogens is 218 g/mol. The van der Waals surface area contributed by atoms with Gasteiger partial charge in [0, 0.05) is 32.8 Å². The zero-order valence-electron chi connectivity index (χ0n) is 11.1. The number of likely N-dealkylation sites (N-methyl/N-ethyl adjacent to an activating group) is 1. The lowest BCUT2D eigenvalue weighted by Crippen LogP contribution is -2.56. The molecule has 100 valence electrons. The lowest BCUT2D eigenvalue weighted by Gasteiger charge is -2.41. The van der Waals surface area contributed by atoms with Gasteiger partial charge in [-0.05, 0) is 26.7 Å². The van der Waals surface area contributed by atoms with Crippen molar-refractivity contribution in [3.63, 3.8) is 0 Å². The molecule has 0 aromatic rings. The third kappa shape index (κ3) is 3.66. The summed E-state index contributed by atoms with van der Waals surface area (Å²) in [6, 6.07) is 0.132. The lowest BCUT2D eigenvalue weighted by atomic mass is 9.97. The van der Waals surface area contributed by atoms with E-state index in [1.54, 1.807) is 7.11 Å². The minimum atomic E-state index is -0.110. The van der Waals surface area contributed by atoms with E-state index in [0.29, 0.717) is 13.1 Å². The van der Waals surface area contributed by atoms with E-state index in [9.17, 15) is 4.79 Å². The number of piperidine rings is 1. The highest BCUT2D eigenvalue weighted by atomic mass is 16.5. The van der Waals surface area contributed by atoms with Crippen molar-refractivity contribution in [2.75, 3.05) is 26.7 Å². The summed E-state index contributed by atoms with van der Waals surface area (Å²) in [4.78, 5) is 14.0. The molecule has 1 aliphatic heterocycles. The first-order valence-electron chi connectivity index (χ1n) is 6.40. The van der Waals surface area contributed by atoms with Crippen LogP contribution in [0.25, 0.3) is 0 Å². The van der Waals surface area contributed by atoms with Crippen molar-refractivity contribution in [2.45, 2.75) is 44.9 Å². The van der Waals surface area contributed by atoms with Crippen LogP contribution in [0.4, 0.5) is 0 Å². The molecule has 1 heterocycles. The van der Waals surface area contributed by atoms with Crippen LogP contribution in [0.2, 0.25) is 0 Å². The molecule has 1 rings (SSSR count). The van der Waals surface area contributed by atoms with Crippen molar-refractivity contribution in [1.82, 2.24) is 10.2 Å². The second-order valence-electron chi connectivity index (χ2n) is 4.58. The molecular formula is C12H25N3O2.